The first kappa shape index (κ1) is 11.9. The molecule has 0 saturated carbocycles. The Morgan fingerprint density at radius 1 is 1.31 bits per heavy atom. The summed E-state index contributed by atoms with van der Waals surface area (Å²) < 4.78 is 6.58. The average molecular weight is 331 g/mol. The quantitative estimate of drug-likeness (QED) is 0.847. The summed E-state index contributed by atoms with van der Waals surface area (Å²) in [6.45, 7) is 0.699. The molecule has 1 aliphatic rings. The van der Waals surface area contributed by atoms with E-state index in [1.165, 1.54) is 0 Å². The van der Waals surface area contributed by atoms with Crippen LogP contribution in [0.1, 0.15) is 19.3 Å². The minimum absolute atomic E-state index is 0.0269. The van der Waals surface area contributed by atoms with Gasteiger partial charge in [0, 0.05) is 15.9 Å². The highest BCUT2D eigenvalue weighted by Gasteiger charge is 2.21. The van der Waals surface area contributed by atoms with E-state index in [0.29, 0.717) is 6.61 Å². The molecule has 1 aromatic carbocycles. The Labute approximate surface area is 109 Å². The van der Waals surface area contributed by atoms with Crippen molar-refractivity contribution < 1.29 is 9.53 Å². The maximum atomic E-state index is 11.8. The number of benzene rings is 1. The summed E-state index contributed by atoms with van der Waals surface area (Å²) in [5, 5.41) is 2.87. The predicted octanol–water partition coefficient (Wildman–Crippen LogP) is 2.80. The topological polar surface area (TPSA) is 38.3 Å². The first-order valence-electron chi connectivity index (χ1n) is 5.44. The van der Waals surface area contributed by atoms with Crippen molar-refractivity contribution in [1.82, 2.24) is 0 Å². The van der Waals surface area contributed by atoms with E-state index in [1.807, 2.05) is 24.3 Å². The lowest BCUT2D eigenvalue weighted by Crippen LogP contribution is -2.33. The van der Waals surface area contributed by atoms with E-state index >= 15 is 0 Å². The van der Waals surface area contributed by atoms with E-state index in [2.05, 4.69) is 27.9 Å². The molecular formula is C12H14INO2. The molecule has 3 nitrogen and oxygen atoms in total. The Kier molecular flexibility index (Phi) is 4.17. The SMILES string of the molecule is O=C(Nc1ccc(I)cc1)C1CCCCO1. The fraction of sp³-hybridized carbons (Fsp3) is 0.417. The molecule has 1 amide bonds. The maximum absolute atomic E-state index is 11.8. The molecule has 1 unspecified atom stereocenters. The molecule has 0 bridgehead atoms. The van der Waals surface area contributed by atoms with Crippen LogP contribution in [0.3, 0.4) is 0 Å². The monoisotopic (exact) mass is 331 g/mol. The highest BCUT2D eigenvalue weighted by molar-refractivity contribution is 14.1. The van der Waals surface area contributed by atoms with Crippen molar-refractivity contribution >= 4 is 34.2 Å². The molecule has 0 radical (unpaired) electrons. The summed E-state index contributed by atoms with van der Waals surface area (Å²) in [5.41, 5.74) is 0.833. The van der Waals surface area contributed by atoms with Gasteiger partial charge in [-0.2, -0.15) is 0 Å². The zero-order valence-corrected chi connectivity index (χ0v) is 11.1. The normalized spacial score (nSPS) is 20.4. The van der Waals surface area contributed by atoms with Crippen LogP contribution in [-0.2, 0) is 9.53 Å². The Morgan fingerprint density at radius 2 is 2.06 bits per heavy atom. The third-order valence-electron chi connectivity index (χ3n) is 2.58. The van der Waals surface area contributed by atoms with Crippen LogP contribution in [0.4, 0.5) is 5.69 Å². The predicted molar refractivity (Wildman–Crippen MR) is 71.4 cm³/mol. The molecule has 1 saturated heterocycles. The zero-order chi connectivity index (χ0) is 11.4. The third kappa shape index (κ3) is 3.18. The fourth-order valence-electron chi connectivity index (χ4n) is 1.70. The second-order valence-electron chi connectivity index (χ2n) is 3.85. The number of carbonyl (C=O) groups is 1. The standard InChI is InChI=1S/C12H14INO2/c13-9-4-6-10(7-5-9)14-12(15)11-3-1-2-8-16-11/h4-7,11H,1-3,8H2,(H,14,15). The van der Waals surface area contributed by atoms with Gasteiger partial charge in [-0.05, 0) is 66.1 Å². The smallest absolute Gasteiger partial charge is 0.253 e. The number of carbonyl (C=O) groups excluding carboxylic acids is 1. The number of hydrogen-bond acceptors (Lipinski definition) is 2. The largest absolute Gasteiger partial charge is 0.368 e. The number of ether oxygens (including phenoxy) is 1. The van der Waals surface area contributed by atoms with E-state index in [1.54, 1.807) is 0 Å². The van der Waals surface area contributed by atoms with Crippen molar-refractivity contribution in [2.45, 2.75) is 25.4 Å². The molecule has 1 heterocycles. The third-order valence-corrected chi connectivity index (χ3v) is 3.30. The lowest BCUT2D eigenvalue weighted by Gasteiger charge is -2.21. The van der Waals surface area contributed by atoms with Crippen molar-refractivity contribution in [3.05, 3.63) is 27.8 Å². The van der Waals surface area contributed by atoms with Gasteiger partial charge in [-0.1, -0.05) is 0 Å². The number of rotatable bonds is 2. The van der Waals surface area contributed by atoms with Crippen molar-refractivity contribution in [1.29, 1.82) is 0 Å². The van der Waals surface area contributed by atoms with Crippen LogP contribution >= 0.6 is 22.6 Å². The molecule has 0 aliphatic carbocycles. The maximum Gasteiger partial charge on any atom is 0.253 e. The van der Waals surface area contributed by atoms with Gasteiger partial charge < -0.3 is 10.1 Å². The molecule has 1 N–H and O–H groups in total. The first-order valence-corrected chi connectivity index (χ1v) is 6.51. The summed E-state index contributed by atoms with van der Waals surface area (Å²) in [6, 6.07) is 7.75. The molecule has 1 fully saturated rings. The molecular weight excluding hydrogens is 317 g/mol. The number of amides is 1. The molecule has 1 atom stereocenters. The van der Waals surface area contributed by atoms with E-state index in [-0.39, 0.29) is 12.0 Å². The van der Waals surface area contributed by atoms with E-state index in [0.717, 1.165) is 28.5 Å². The lowest BCUT2D eigenvalue weighted by molar-refractivity contribution is -0.129. The van der Waals surface area contributed by atoms with Crippen LogP contribution in [0.15, 0.2) is 24.3 Å². The molecule has 86 valence electrons. The molecule has 1 aliphatic heterocycles. The second-order valence-corrected chi connectivity index (χ2v) is 5.10. The highest BCUT2D eigenvalue weighted by Crippen LogP contribution is 2.16. The summed E-state index contributed by atoms with van der Waals surface area (Å²) >= 11 is 2.24. The van der Waals surface area contributed by atoms with Crippen molar-refractivity contribution in [3.8, 4) is 0 Å². The van der Waals surface area contributed by atoms with E-state index in [4.69, 9.17) is 4.74 Å². The Morgan fingerprint density at radius 3 is 2.69 bits per heavy atom. The van der Waals surface area contributed by atoms with E-state index < -0.39 is 0 Å². The second kappa shape index (κ2) is 5.63. The van der Waals surface area contributed by atoms with Gasteiger partial charge in [-0.15, -0.1) is 0 Å². The van der Waals surface area contributed by atoms with Crippen LogP contribution < -0.4 is 5.32 Å². The minimum Gasteiger partial charge on any atom is -0.368 e. The van der Waals surface area contributed by atoms with Crippen molar-refractivity contribution in [2.75, 3.05) is 11.9 Å². The van der Waals surface area contributed by atoms with Crippen LogP contribution in [0.25, 0.3) is 0 Å². The van der Waals surface area contributed by atoms with Crippen LogP contribution in [0.2, 0.25) is 0 Å². The zero-order valence-electron chi connectivity index (χ0n) is 8.91. The lowest BCUT2D eigenvalue weighted by atomic mass is 10.1. The summed E-state index contributed by atoms with van der Waals surface area (Å²) in [5.74, 6) is -0.0269. The average Bonchev–Trinajstić information content (AvgIpc) is 2.33. The Balaban J connectivity index is 1.93. The van der Waals surface area contributed by atoms with Gasteiger partial charge in [0.25, 0.3) is 5.91 Å². The van der Waals surface area contributed by atoms with Gasteiger partial charge in [-0.3, -0.25) is 4.79 Å². The summed E-state index contributed by atoms with van der Waals surface area (Å²) in [6.07, 6.45) is 2.70. The molecule has 16 heavy (non-hydrogen) atoms. The first-order chi connectivity index (χ1) is 7.75. The Bertz CT molecular complexity index is 358. The fourth-order valence-corrected chi connectivity index (χ4v) is 2.06. The van der Waals surface area contributed by atoms with Gasteiger partial charge in [0.2, 0.25) is 0 Å². The van der Waals surface area contributed by atoms with Crippen molar-refractivity contribution in [3.63, 3.8) is 0 Å². The van der Waals surface area contributed by atoms with Crippen LogP contribution in [-0.4, -0.2) is 18.6 Å². The van der Waals surface area contributed by atoms with Gasteiger partial charge in [0.15, 0.2) is 0 Å². The highest BCUT2D eigenvalue weighted by atomic mass is 127. The van der Waals surface area contributed by atoms with Gasteiger partial charge in [0.1, 0.15) is 6.10 Å². The van der Waals surface area contributed by atoms with Gasteiger partial charge >= 0.3 is 0 Å². The number of halogens is 1. The van der Waals surface area contributed by atoms with Crippen molar-refractivity contribution in [2.24, 2.45) is 0 Å². The minimum atomic E-state index is -0.270. The van der Waals surface area contributed by atoms with E-state index in [9.17, 15) is 4.79 Å². The number of nitrogens with one attached hydrogen (secondary N) is 1. The molecule has 4 heteroatoms. The molecule has 0 spiro atoms. The van der Waals surface area contributed by atoms with Gasteiger partial charge in [-0.25, -0.2) is 0 Å². The summed E-state index contributed by atoms with van der Waals surface area (Å²) in [4.78, 5) is 11.8. The Hall–Kier alpha value is -0.620. The molecule has 1 aromatic rings. The van der Waals surface area contributed by atoms with Crippen LogP contribution in [0.5, 0.6) is 0 Å². The van der Waals surface area contributed by atoms with Gasteiger partial charge in [0.05, 0.1) is 0 Å². The molecule has 0 aromatic heterocycles. The molecule has 2 rings (SSSR count). The number of anilines is 1. The summed E-state index contributed by atoms with van der Waals surface area (Å²) in [7, 11) is 0. The van der Waals surface area contributed by atoms with Crippen LogP contribution in [0, 0.1) is 3.57 Å². The number of hydrogen-bond donors (Lipinski definition) is 1.